The standard InChI is InChI=1S/C74H145NO3/c1-3-5-7-9-11-13-15-17-19-21-23-25-27-29-30-31-32-33-34-35-36-37-38-39-40-41-42-43-44-46-48-50-52-54-56-58-60-62-64-66-68-70-74(78)75-72(71-76)73(77)69-67-65-63-61-59-57-55-53-51-49-47-45-28-26-24-22-20-18-16-14-12-10-8-6-4-2/h15,17,21,23,72-73,76-77H,3-14,16,18-20,22,24-71H2,1-2H3,(H,75,78)/b17-15-,23-21-. The molecule has 0 bridgehead atoms. The van der Waals surface area contributed by atoms with Gasteiger partial charge in [0.25, 0.3) is 0 Å². The molecule has 0 rings (SSSR count). The highest BCUT2D eigenvalue weighted by atomic mass is 16.3. The summed E-state index contributed by atoms with van der Waals surface area (Å²) in [6.45, 7) is 4.40. The monoisotopic (exact) mass is 1100 g/mol. The molecular weight excluding hydrogens is 951 g/mol. The van der Waals surface area contributed by atoms with Crippen LogP contribution in [0.1, 0.15) is 425 Å². The number of hydrogen-bond acceptors (Lipinski definition) is 3. The van der Waals surface area contributed by atoms with E-state index >= 15 is 0 Å². The summed E-state index contributed by atoms with van der Waals surface area (Å²) in [4.78, 5) is 12.6. The SMILES string of the molecule is CCCCCCC/C=C\C/C=C\CCCCCCCCCCCCCCCCCCCCCCCCCCCCCCCC(=O)NC(CO)C(O)CCCCCCCCCCCCCCCCCCCCCCCCCCC. The third-order valence-corrected chi connectivity index (χ3v) is 17.5. The average molecular weight is 1100 g/mol. The maximum atomic E-state index is 12.6. The molecule has 2 atom stereocenters. The number of hydrogen-bond donors (Lipinski definition) is 3. The first-order valence-electron chi connectivity index (χ1n) is 36.5. The van der Waals surface area contributed by atoms with Crippen molar-refractivity contribution in [2.45, 2.75) is 437 Å². The molecule has 0 radical (unpaired) electrons. The van der Waals surface area contributed by atoms with Gasteiger partial charge in [-0.15, -0.1) is 0 Å². The molecule has 0 fully saturated rings. The zero-order valence-corrected chi connectivity index (χ0v) is 53.7. The highest BCUT2D eigenvalue weighted by Crippen LogP contribution is 2.20. The maximum absolute atomic E-state index is 12.6. The summed E-state index contributed by atoms with van der Waals surface area (Å²) >= 11 is 0. The molecule has 1 amide bonds. The Morgan fingerprint density at radius 1 is 0.308 bits per heavy atom. The van der Waals surface area contributed by atoms with Gasteiger partial charge in [0.05, 0.1) is 18.8 Å². The molecule has 0 aliphatic heterocycles. The number of carbonyl (C=O) groups is 1. The highest BCUT2D eigenvalue weighted by Gasteiger charge is 2.20. The van der Waals surface area contributed by atoms with Crippen molar-refractivity contribution in [1.82, 2.24) is 5.32 Å². The fourth-order valence-electron chi connectivity index (χ4n) is 11.9. The van der Waals surface area contributed by atoms with Gasteiger partial charge in [-0.3, -0.25) is 4.79 Å². The molecule has 0 aliphatic carbocycles. The van der Waals surface area contributed by atoms with Gasteiger partial charge >= 0.3 is 0 Å². The molecule has 4 heteroatoms. The van der Waals surface area contributed by atoms with Gasteiger partial charge in [-0.25, -0.2) is 0 Å². The number of allylic oxidation sites excluding steroid dienone is 4. The molecule has 0 saturated heterocycles. The maximum Gasteiger partial charge on any atom is 0.220 e. The van der Waals surface area contributed by atoms with Crippen LogP contribution in [0, 0.1) is 0 Å². The lowest BCUT2D eigenvalue weighted by atomic mass is 10.0. The first kappa shape index (κ1) is 76.9. The van der Waals surface area contributed by atoms with Gasteiger partial charge in [-0.05, 0) is 44.9 Å². The van der Waals surface area contributed by atoms with Gasteiger partial charge in [0.15, 0.2) is 0 Å². The van der Waals surface area contributed by atoms with Crippen molar-refractivity contribution < 1.29 is 15.0 Å². The Bertz CT molecular complexity index is 1150. The first-order chi connectivity index (χ1) is 38.7. The lowest BCUT2D eigenvalue weighted by molar-refractivity contribution is -0.123. The van der Waals surface area contributed by atoms with Crippen LogP contribution in [0.2, 0.25) is 0 Å². The quantitative estimate of drug-likeness (QED) is 0.0420. The number of nitrogens with one attached hydrogen (secondary N) is 1. The van der Waals surface area contributed by atoms with Gasteiger partial charge in [0.2, 0.25) is 5.91 Å². The molecular formula is C74H145NO3. The molecule has 3 N–H and O–H groups in total. The number of unbranched alkanes of at least 4 members (excludes halogenated alkanes) is 58. The summed E-state index contributed by atoms with van der Waals surface area (Å²) in [7, 11) is 0. The van der Waals surface area contributed by atoms with Crippen LogP contribution in [-0.4, -0.2) is 34.9 Å². The summed E-state index contributed by atoms with van der Waals surface area (Å²) in [5.41, 5.74) is 0. The second-order valence-electron chi connectivity index (χ2n) is 25.4. The van der Waals surface area contributed by atoms with Crippen LogP contribution in [-0.2, 0) is 4.79 Å². The van der Waals surface area contributed by atoms with Gasteiger partial charge < -0.3 is 15.5 Å². The Hall–Kier alpha value is -1.13. The number of carbonyl (C=O) groups excluding carboxylic acids is 1. The van der Waals surface area contributed by atoms with Crippen LogP contribution in [0.3, 0.4) is 0 Å². The van der Waals surface area contributed by atoms with Gasteiger partial charge in [-0.2, -0.15) is 0 Å². The number of rotatable bonds is 69. The zero-order valence-electron chi connectivity index (χ0n) is 53.7. The van der Waals surface area contributed by atoms with Crippen LogP contribution in [0.4, 0.5) is 0 Å². The minimum Gasteiger partial charge on any atom is -0.394 e. The molecule has 0 saturated carbocycles. The minimum absolute atomic E-state index is 0.0205. The van der Waals surface area contributed by atoms with E-state index in [9.17, 15) is 15.0 Å². The summed E-state index contributed by atoms with van der Waals surface area (Å²) in [5.74, 6) is -0.0205. The van der Waals surface area contributed by atoms with Crippen LogP contribution < -0.4 is 5.32 Å². The summed E-state index contributed by atoms with van der Waals surface area (Å²) in [6.07, 6.45) is 95.4. The molecule has 464 valence electrons. The van der Waals surface area contributed by atoms with Crippen molar-refractivity contribution >= 4 is 5.91 Å². The average Bonchev–Trinajstić information content (AvgIpc) is 3.44. The van der Waals surface area contributed by atoms with Gasteiger partial charge in [0, 0.05) is 6.42 Å². The molecule has 0 aromatic rings. The number of aliphatic hydroxyl groups excluding tert-OH is 2. The Labute approximate surface area is 491 Å². The molecule has 2 unspecified atom stereocenters. The summed E-state index contributed by atoms with van der Waals surface area (Å²) < 4.78 is 0. The van der Waals surface area contributed by atoms with Crippen LogP contribution in [0.5, 0.6) is 0 Å². The second-order valence-corrected chi connectivity index (χ2v) is 25.4. The van der Waals surface area contributed by atoms with Crippen molar-refractivity contribution in [3.63, 3.8) is 0 Å². The van der Waals surface area contributed by atoms with E-state index in [1.807, 2.05) is 0 Å². The topological polar surface area (TPSA) is 69.6 Å². The second kappa shape index (κ2) is 70.1. The Morgan fingerprint density at radius 2 is 0.526 bits per heavy atom. The minimum atomic E-state index is -0.658. The number of amides is 1. The predicted octanol–water partition coefficient (Wildman–Crippen LogP) is 24.9. The fraction of sp³-hybridized carbons (Fsp3) is 0.932. The smallest absolute Gasteiger partial charge is 0.220 e. The molecule has 0 heterocycles. The number of aliphatic hydroxyl groups is 2. The van der Waals surface area contributed by atoms with E-state index in [4.69, 9.17) is 0 Å². The predicted molar refractivity (Wildman–Crippen MR) is 350 cm³/mol. The van der Waals surface area contributed by atoms with E-state index in [0.29, 0.717) is 12.8 Å². The van der Waals surface area contributed by atoms with E-state index in [0.717, 1.165) is 32.1 Å². The first-order valence-corrected chi connectivity index (χ1v) is 36.5. The highest BCUT2D eigenvalue weighted by molar-refractivity contribution is 5.76. The largest absolute Gasteiger partial charge is 0.394 e. The van der Waals surface area contributed by atoms with Crippen LogP contribution in [0.15, 0.2) is 24.3 Å². The molecule has 0 aromatic heterocycles. The summed E-state index contributed by atoms with van der Waals surface area (Å²) in [6, 6.07) is -0.534. The molecule has 0 aliphatic rings. The van der Waals surface area contributed by atoms with E-state index < -0.39 is 12.1 Å². The Balaban J connectivity index is 3.35. The van der Waals surface area contributed by atoms with Crippen molar-refractivity contribution in [3.05, 3.63) is 24.3 Å². The Kier molecular flexibility index (Phi) is 69.1. The molecule has 78 heavy (non-hydrogen) atoms. The lowest BCUT2D eigenvalue weighted by Crippen LogP contribution is -2.45. The van der Waals surface area contributed by atoms with E-state index in [-0.39, 0.29) is 12.5 Å². The third-order valence-electron chi connectivity index (χ3n) is 17.5. The molecule has 0 aromatic carbocycles. The normalized spacial score (nSPS) is 12.7. The van der Waals surface area contributed by atoms with Crippen molar-refractivity contribution in [1.29, 1.82) is 0 Å². The molecule has 0 spiro atoms. The van der Waals surface area contributed by atoms with Gasteiger partial charge in [-0.1, -0.05) is 398 Å². The summed E-state index contributed by atoms with van der Waals surface area (Å²) in [5, 5.41) is 23.5. The fourth-order valence-corrected chi connectivity index (χ4v) is 11.9. The zero-order chi connectivity index (χ0) is 56.2. The van der Waals surface area contributed by atoms with Gasteiger partial charge in [0.1, 0.15) is 0 Å². The van der Waals surface area contributed by atoms with Crippen LogP contribution >= 0.6 is 0 Å². The van der Waals surface area contributed by atoms with Crippen LogP contribution in [0.25, 0.3) is 0 Å². The van der Waals surface area contributed by atoms with E-state index in [1.54, 1.807) is 0 Å². The van der Waals surface area contributed by atoms with Crippen molar-refractivity contribution in [2.24, 2.45) is 0 Å². The third kappa shape index (κ3) is 65.7. The van der Waals surface area contributed by atoms with E-state index in [2.05, 4.69) is 43.5 Å². The van der Waals surface area contributed by atoms with Crippen molar-refractivity contribution in [2.75, 3.05) is 6.61 Å². The lowest BCUT2D eigenvalue weighted by Gasteiger charge is -2.22. The Morgan fingerprint density at radius 3 is 0.769 bits per heavy atom. The van der Waals surface area contributed by atoms with Crippen molar-refractivity contribution in [3.8, 4) is 0 Å². The van der Waals surface area contributed by atoms with E-state index in [1.165, 1.54) is 366 Å². The molecule has 4 nitrogen and oxygen atoms in total.